The molecule has 1 unspecified atom stereocenters. The second kappa shape index (κ2) is 6.01. The molecule has 0 aromatic carbocycles. The highest BCUT2D eigenvalue weighted by molar-refractivity contribution is 7.99. The summed E-state index contributed by atoms with van der Waals surface area (Å²) in [7, 11) is 1.99. The van der Waals surface area contributed by atoms with Crippen LogP contribution in [0.1, 0.15) is 24.8 Å². The van der Waals surface area contributed by atoms with Gasteiger partial charge in [-0.2, -0.15) is 11.8 Å². The standard InChI is InChI=1S/C10H16ClNS2/c1-7(2)14-6-9(12-3)10-8(11)4-5-13-10/h4-5,7,9,12H,6H2,1-3H3. The summed E-state index contributed by atoms with van der Waals surface area (Å²) in [6.07, 6.45) is 0. The molecule has 0 saturated heterocycles. The molecule has 0 saturated carbocycles. The van der Waals surface area contributed by atoms with Crippen molar-refractivity contribution in [2.75, 3.05) is 12.8 Å². The molecule has 80 valence electrons. The van der Waals surface area contributed by atoms with Crippen LogP contribution < -0.4 is 5.32 Å². The first-order chi connectivity index (χ1) is 6.65. The summed E-state index contributed by atoms with van der Waals surface area (Å²) in [6, 6.07) is 2.35. The van der Waals surface area contributed by atoms with E-state index in [1.54, 1.807) is 11.3 Å². The fourth-order valence-electron chi connectivity index (χ4n) is 1.13. The zero-order valence-electron chi connectivity index (χ0n) is 8.71. The van der Waals surface area contributed by atoms with E-state index in [9.17, 15) is 0 Å². The van der Waals surface area contributed by atoms with E-state index in [0.29, 0.717) is 11.3 Å². The third-order valence-corrected chi connectivity index (χ3v) is 4.57. The number of thioether (sulfide) groups is 1. The molecule has 1 rings (SSSR count). The maximum Gasteiger partial charge on any atom is 0.0561 e. The number of hydrogen-bond donors (Lipinski definition) is 1. The van der Waals surface area contributed by atoms with E-state index in [0.717, 1.165) is 10.8 Å². The van der Waals surface area contributed by atoms with Crippen molar-refractivity contribution in [1.29, 1.82) is 0 Å². The molecule has 0 bridgehead atoms. The zero-order chi connectivity index (χ0) is 10.6. The highest BCUT2D eigenvalue weighted by atomic mass is 35.5. The Morgan fingerprint density at radius 3 is 2.71 bits per heavy atom. The number of nitrogens with one attached hydrogen (secondary N) is 1. The topological polar surface area (TPSA) is 12.0 Å². The minimum Gasteiger partial charge on any atom is -0.312 e. The average molecular weight is 250 g/mol. The van der Waals surface area contributed by atoms with E-state index in [1.165, 1.54) is 4.88 Å². The maximum atomic E-state index is 6.09. The second-order valence-electron chi connectivity index (χ2n) is 3.36. The Balaban J connectivity index is 2.58. The number of hydrogen-bond acceptors (Lipinski definition) is 3. The molecule has 0 amide bonds. The smallest absolute Gasteiger partial charge is 0.0561 e. The van der Waals surface area contributed by atoms with Gasteiger partial charge in [0.1, 0.15) is 0 Å². The van der Waals surface area contributed by atoms with Crippen LogP contribution in [0.3, 0.4) is 0 Å². The number of thiophene rings is 1. The van der Waals surface area contributed by atoms with Crippen molar-refractivity contribution < 1.29 is 0 Å². The first kappa shape index (κ1) is 12.4. The van der Waals surface area contributed by atoms with Gasteiger partial charge in [0.15, 0.2) is 0 Å². The molecule has 0 aliphatic rings. The van der Waals surface area contributed by atoms with Gasteiger partial charge < -0.3 is 5.32 Å². The molecule has 0 aliphatic heterocycles. The fourth-order valence-corrected chi connectivity index (χ4v) is 3.45. The summed E-state index contributed by atoms with van der Waals surface area (Å²) in [5.74, 6) is 1.08. The lowest BCUT2D eigenvalue weighted by Crippen LogP contribution is -2.18. The highest BCUT2D eigenvalue weighted by Gasteiger charge is 2.14. The van der Waals surface area contributed by atoms with Gasteiger partial charge in [-0.3, -0.25) is 0 Å². The van der Waals surface area contributed by atoms with Crippen LogP contribution in [0.5, 0.6) is 0 Å². The largest absolute Gasteiger partial charge is 0.312 e. The minimum absolute atomic E-state index is 0.384. The summed E-state index contributed by atoms with van der Waals surface area (Å²) in [4.78, 5) is 1.25. The van der Waals surface area contributed by atoms with E-state index in [1.807, 2.05) is 30.3 Å². The van der Waals surface area contributed by atoms with Gasteiger partial charge in [-0.05, 0) is 23.7 Å². The number of halogens is 1. The molecule has 1 aromatic heterocycles. The van der Waals surface area contributed by atoms with E-state index in [-0.39, 0.29) is 0 Å². The average Bonchev–Trinajstić information content (AvgIpc) is 2.53. The third-order valence-electron chi connectivity index (χ3n) is 1.91. The molecular formula is C10H16ClNS2. The molecule has 4 heteroatoms. The summed E-state index contributed by atoms with van der Waals surface area (Å²) >= 11 is 9.77. The first-order valence-corrected chi connectivity index (χ1v) is 6.97. The van der Waals surface area contributed by atoms with Gasteiger partial charge in [0, 0.05) is 10.6 Å². The first-order valence-electron chi connectivity index (χ1n) is 4.67. The summed E-state index contributed by atoms with van der Waals surface area (Å²) in [5.41, 5.74) is 0. The number of rotatable bonds is 5. The van der Waals surface area contributed by atoms with Crippen molar-refractivity contribution in [1.82, 2.24) is 5.32 Å². The van der Waals surface area contributed by atoms with Gasteiger partial charge in [0.05, 0.1) is 11.1 Å². The highest BCUT2D eigenvalue weighted by Crippen LogP contribution is 2.31. The van der Waals surface area contributed by atoms with E-state index in [2.05, 4.69) is 19.2 Å². The van der Waals surface area contributed by atoms with Crippen molar-refractivity contribution in [2.24, 2.45) is 0 Å². The Bertz CT molecular complexity index is 273. The SMILES string of the molecule is CNC(CSC(C)C)c1sccc1Cl. The van der Waals surface area contributed by atoms with Gasteiger partial charge in [0.25, 0.3) is 0 Å². The van der Waals surface area contributed by atoms with Gasteiger partial charge in [-0.1, -0.05) is 25.4 Å². The van der Waals surface area contributed by atoms with Crippen molar-refractivity contribution in [3.8, 4) is 0 Å². The second-order valence-corrected chi connectivity index (χ2v) is 6.32. The van der Waals surface area contributed by atoms with Crippen LogP contribution in [0.25, 0.3) is 0 Å². The molecule has 1 heterocycles. The molecule has 14 heavy (non-hydrogen) atoms. The van der Waals surface area contributed by atoms with E-state index in [4.69, 9.17) is 11.6 Å². The molecular weight excluding hydrogens is 234 g/mol. The Hall–Kier alpha value is 0.300. The normalized spacial score (nSPS) is 13.5. The monoisotopic (exact) mass is 249 g/mol. The van der Waals surface area contributed by atoms with E-state index < -0.39 is 0 Å². The molecule has 1 atom stereocenters. The van der Waals surface area contributed by atoms with Crippen molar-refractivity contribution in [3.05, 3.63) is 21.3 Å². The van der Waals surface area contributed by atoms with Crippen LogP contribution in [0.15, 0.2) is 11.4 Å². The third kappa shape index (κ3) is 3.46. The van der Waals surface area contributed by atoms with Gasteiger partial charge in [-0.25, -0.2) is 0 Å². The lowest BCUT2D eigenvalue weighted by Gasteiger charge is -2.16. The Morgan fingerprint density at radius 2 is 2.29 bits per heavy atom. The summed E-state index contributed by atoms with van der Waals surface area (Å²) in [6.45, 7) is 4.43. The van der Waals surface area contributed by atoms with Crippen molar-refractivity contribution in [3.63, 3.8) is 0 Å². The van der Waals surface area contributed by atoms with Crippen LogP contribution in [-0.4, -0.2) is 18.1 Å². The Labute approximate surface area is 99.2 Å². The quantitative estimate of drug-likeness (QED) is 0.852. The van der Waals surface area contributed by atoms with Crippen molar-refractivity contribution >= 4 is 34.7 Å². The Morgan fingerprint density at radius 1 is 1.57 bits per heavy atom. The van der Waals surface area contributed by atoms with Crippen LogP contribution in [0.4, 0.5) is 0 Å². The molecule has 0 spiro atoms. The van der Waals surface area contributed by atoms with Gasteiger partial charge in [0.2, 0.25) is 0 Å². The van der Waals surface area contributed by atoms with E-state index >= 15 is 0 Å². The molecule has 0 aliphatic carbocycles. The summed E-state index contributed by atoms with van der Waals surface area (Å²) in [5, 5.41) is 6.91. The minimum atomic E-state index is 0.384. The van der Waals surface area contributed by atoms with Crippen molar-refractivity contribution in [2.45, 2.75) is 25.1 Å². The van der Waals surface area contributed by atoms with Crippen LogP contribution in [0, 0.1) is 0 Å². The molecule has 0 fully saturated rings. The predicted octanol–water partition coefficient (Wildman–Crippen LogP) is 3.80. The van der Waals surface area contributed by atoms with Crippen LogP contribution in [-0.2, 0) is 0 Å². The lowest BCUT2D eigenvalue weighted by molar-refractivity contribution is 0.673. The lowest BCUT2D eigenvalue weighted by atomic mass is 10.3. The van der Waals surface area contributed by atoms with Crippen LogP contribution >= 0.6 is 34.7 Å². The van der Waals surface area contributed by atoms with Crippen LogP contribution in [0.2, 0.25) is 5.02 Å². The molecule has 1 aromatic rings. The molecule has 0 radical (unpaired) electrons. The van der Waals surface area contributed by atoms with Gasteiger partial charge >= 0.3 is 0 Å². The molecule has 1 N–H and O–H groups in total. The maximum absolute atomic E-state index is 6.09. The fraction of sp³-hybridized carbons (Fsp3) is 0.600. The summed E-state index contributed by atoms with van der Waals surface area (Å²) < 4.78 is 0. The van der Waals surface area contributed by atoms with Gasteiger partial charge in [-0.15, -0.1) is 11.3 Å². The predicted molar refractivity (Wildman–Crippen MR) is 68.7 cm³/mol. The zero-order valence-corrected chi connectivity index (χ0v) is 11.1. The molecule has 1 nitrogen and oxygen atoms in total. The Kier molecular flexibility index (Phi) is 5.31.